The summed E-state index contributed by atoms with van der Waals surface area (Å²) in [5.74, 6) is 0.662. The summed E-state index contributed by atoms with van der Waals surface area (Å²) in [5.41, 5.74) is 6.77. The largest absolute Gasteiger partial charge is 0.474 e. The van der Waals surface area contributed by atoms with Crippen LogP contribution in [0.15, 0.2) is 29.0 Å². The first-order valence-electron chi connectivity index (χ1n) is 6.07. The van der Waals surface area contributed by atoms with Crippen molar-refractivity contribution in [2.24, 2.45) is 5.73 Å². The molecule has 90 valence electrons. The lowest BCUT2D eigenvalue weighted by molar-refractivity contribution is 0.141. The molecular formula is C13H16N2O2. The Kier molecular flexibility index (Phi) is 2.73. The van der Waals surface area contributed by atoms with Crippen molar-refractivity contribution in [1.29, 1.82) is 0 Å². The summed E-state index contributed by atoms with van der Waals surface area (Å²) in [5, 5.41) is 0.937. The Morgan fingerprint density at radius 2 is 2.29 bits per heavy atom. The van der Waals surface area contributed by atoms with E-state index in [-0.39, 0.29) is 12.1 Å². The first-order chi connectivity index (χ1) is 8.33. The Labute approximate surface area is 99.8 Å². The lowest BCUT2D eigenvalue weighted by Crippen LogP contribution is -2.33. The number of hydrogen-bond acceptors (Lipinski definition) is 4. The third-order valence-electron chi connectivity index (χ3n) is 3.29. The van der Waals surface area contributed by atoms with Gasteiger partial charge in [-0.3, -0.25) is 0 Å². The predicted molar refractivity (Wildman–Crippen MR) is 64.9 cm³/mol. The van der Waals surface area contributed by atoms with E-state index in [1.165, 1.54) is 0 Å². The number of pyridine rings is 1. The van der Waals surface area contributed by atoms with Crippen molar-refractivity contribution in [3.8, 4) is 5.88 Å². The molecule has 0 spiro atoms. The van der Waals surface area contributed by atoms with Gasteiger partial charge < -0.3 is 14.9 Å². The van der Waals surface area contributed by atoms with Crippen LogP contribution in [0.3, 0.4) is 0 Å². The molecule has 2 atom stereocenters. The van der Waals surface area contributed by atoms with E-state index in [4.69, 9.17) is 14.9 Å². The third kappa shape index (κ3) is 2.13. The topological polar surface area (TPSA) is 61.3 Å². The molecule has 0 aliphatic heterocycles. The van der Waals surface area contributed by atoms with Crippen LogP contribution in [0.4, 0.5) is 0 Å². The van der Waals surface area contributed by atoms with Crippen molar-refractivity contribution in [2.45, 2.75) is 37.8 Å². The molecule has 4 heteroatoms. The number of furan rings is 1. The van der Waals surface area contributed by atoms with Gasteiger partial charge in [0, 0.05) is 12.2 Å². The molecule has 2 heterocycles. The van der Waals surface area contributed by atoms with Gasteiger partial charge in [-0.1, -0.05) is 0 Å². The quantitative estimate of drug-likeness (QED) is 0.864. The molecule has 1 fully saturated rings. The van der Waals surface area contributed by atoms with Crippen LogP contribution < -0.4 is 10.5 Å². The summed E-state index contributed by atoms with van der Waals surface area (Å²) in [4.78, 5) is 4.28. The molecule has 17 heavy (non-hydrogen) atoms. The first-order valence-corrected chi connectivity index (χ1v) is 6.07. The zero-order valence-corrected chi connectivity index (χ0v) is 9.63. The summed E-state index contributed by atoms with van der Waals surface area (Å²) in [6.45, 7) is 0. The van der Waals surface area contributed by atoms with Crippen molar-refractivity contribution in [2.75, 3.05) is 0 Å². The van der Waals surface area contributed by atoms with Crippen molar-refractivity contribution < 1.29 is 9.15 Å². The molecule has 1 aliphatic rings. The van der Waals surface area contributed by atoms with Crippen LogP contribution in [0, 0.1) is 0 Å². The number of nitrogens with two attached hydrogens (primary N) is 1. The molecule has 0 saturated heterocycles. The second-order valence-electron chi connectivity index (χ2n) is 4.62. The molecule has 1 saturated carbocycles. The van der Waals surface area contributed by atoms with E-state index in [1.807, 2.05) is 12.1 Å². The Morgan fingerprint density at radius 3 is 3.18 bits per heavy atom. The fourth-order valence-electron chi connectivity index (χ4n) is 2.41. The van der Waals surface area contributed by atoms with E-state index in [1.54, 1.807) is 12.5 Å². The maximum absolute atomic E-state index is 5.95. The maximum Gasteiger partial charge on any atom is 0.224 e. The number of aromatic nitrogens is 1. The van der Waals surface area contributed by atoms with Crippen LogP contribution in [-0.2, 0) is 0 Å². The minimum absolute atomic E-state index is 0.187. The SMILES string of the molecule is NC1CCCC(Oc2nccc3occc23)C1. The van der Waals surface area contributed by atoms with E-state index >= 15 is 0 Å². The van der Waals surface area contributed by atoms with Gasteiger partial charge in [0.2, 0.25) is 5.88 Å². The van der Waals surface area contributed by atoms with Gasteiger partial charge in [0.15, 0.2) is 0 Å². The van der Waals surface area contributed by atoms with Gasteiger partial charge in [0.05, 0.1) is 11.6 Å². The minimum atomic E-state index is 0.187. The van der Waals surface area contributed by atoms with Crippen LogP contribution >= 0.6 is 0 Å². The van der Waals surface area contributed by atoms with E-state index in [9.17, 15) is 0 Å². The summed E-state index contributed by atoms with van der Waals surface area (Å²) >= 11 is 0. The summed E-state index contributed by atoms with van der Waals surface area (Å²) < 4.78 is 11.3. The average molecular weight is 232 g/mol. The zero-order chi connectivity index (χ0) is 11.7. The summed E-state index contributed by atoms with van der Waals surface area (Å²) in [6, 6.07) is 3.99. The van der Waals surface area contributed by atoms with Gasteiger partial charge in [-0.05, 0) is 37.8 Å². The van der Waals surface area contributed by atoms with Crippen LogP contribution in [0.1, 0.15) is 25.7 Å². The lowest BCUT2D eigenvalue weighted by Gasteiger charge is -2.26. The molecule has 3 rings (SSSR count). The second kappa shape index (κ2) is 4.37. The molecule has 0 radical (unpaired) electrons. The van der Waals surface area contributed by atoms with Crippen molar-refractivity contribution in [3.63, 3.8) is 0 Å². The molecule has 0 aromatic carbocycles. The van der Waals surface area contributed by atoms with E-state index in [0.717, 1.165) is 36.7 Å². The first kappa shape index (κ1) is 10.6. The van der Waals surface area contributed by atoms with Gasteiger partial charge in [-0.15, -0.1) is 0 Å². The van der Waals surface area contributed by atoms with Gasteiger partial charge in [0.25, 0.3) is 0 Å². The lowest BCUT2D eigenvalue weighted by atomic mass is 9.93. The van der Waals surface area contributed by atoms with Crippen LogP contribution in [0.25, 0.3) is 11.0 Å². The van der Waals surface area contributed by atoms with E-state index in [0.29, 0.717) is 5.88 Å². The van der Waals surface area contributed by atoms with Gasteiger partial charge in [0.1, 0.15) is 11.7 Å². The summed E-state index contributed by atoms with van der Waals surface area (Å²) in [7, 11) is 0. The molecule has 4 nitrogen and oxygen atoms in total. The Balaban J connectivity index is 1.82. The normalized spacial score (nSPS) is 25.0. The van der Waals surface area contributed by atoms with Crippen LogP contribution in [-0.4, -0.2) is 17.1 Å². The van der Waals surface area contributed by atoms with Crippen molar-refractivity contribution in [1.82, 2.24) is 4.98 Å². The molecule has 1 aliphatic carbocycles. The fourth-order valence-corrected chi connectivity index (χ4v) is 2.41. The van der Waals surface area contributed by atoms with Crippen LogP contribution in [0.2, 0.25) is 0 Å². The number of nitrogens with zero attached hydrogens (tertiary/aromatic N) is 1. The van der Waals surface area contributed by atoms with Gasteiger partial charge >= 0.3 is 0 Å². The highest BCUT2D eigenvalue weighted by atomic mass is 16.5. The maximum atomic E-state index is 5.95. The highest BCUT2D eigenvalue weighted by Crippen LogP contribution is 2.27. The predicted octanol–water partition coefficient (Wildman–Crippen LogP) is 2.48. The second-order valence-corrected chi connectivity index (χ2v) is 4.62. The van der Waals surface area contributed by atoms with Gasteiger partial charge in [-0.25, -0.2) is 4.98 Å². The minimum Gasteiger partial charge on any atom is -0.474 e. The van der Waals surface area contributed by atoms with Crippen molar-refractivity contribution in [3.05, 3.63) is 24.6 Å². The average Bonchev–Trinajstić information content (AvgIpc) is 2.78. The highest BCUT2D eigenvalue weighted by molar-refractivity contribution is 5.81. The standard InChI is InChI=1S/C13H16N2O2/c14-9-2-1-3-10(8-9)17-13-11-5-7-16-12(11)4-6-15-13/h4-7,9-10H,1-3,8,14H2. The van der Waals surface area contributed by atoms with Crippen molar-refractivity contribution >= 4 is 11.0 Å². The monoisotopic (exact) mass is 232 g/mol. The molecular weight excluding hydrogens is 216 g/mol. The third-order valence-corrected chi connectivity index (χ3v) is 3.29. The van der Waals surface area contributed by atoms with E-state index < -0.39 is 0 Å². The number of rotatable bonds is 2. The molecule has 2 aromatic heterocycles. The molecule has 0 amide bonds. The zero-order valence-electron chi connectivity index (χ0n) is 9.63. The fraction of sp³-hybridized carbons (Fsp3) is 0.462. The van der Waals surface area contributed by atoms with Crippen LogP contribution in [0.5, 0.6) is 5.88 Å². The molecule has 2 N–H and O–H groups in total. The molecule has 0 bridgehead atoms. The van der Waals surface area contributed by atoms with Gasteiger partial charge in [-0.2, -0.15) is 0 Å². The Bertz CT molecular complexity index is 509. The molecule has 2 aromatic rings. The number of hydrogen-bond donors (Lipinski definition) is 1. The Morgan fingerprint density at radius 1 is 1.35 bits per heavy atom. The highest BCUT2D eigenvalue weighted by Gasteiger charge is 2.21. The smallest absolute Gasteiger partial charge is 0.224 e. The number of ether oxygens (including phenoxy) is 1. The molecule has 2 unspecified atom stereocenters. The van der Waals surface area contributed by atoms with E-state index in [2.05, 4.69) is 4.98 Å². The Hall–Kier alpha value is -1.55. The summed E-state index contributed by atoms with van der Waals surface area (Å²) in [6.07, 6.45) is 7.76. The number of fused-ring (bicyclic) bond motifs is 1.